The van der Waals surface area contributed by atoms with Crippen LogP contribution in [0.1, 0.15) is 24.6 Å². The number of hydrogen-bond acceptors (Lipinski definition) is 4. The number of aryl methyl sites for hydroxylation is 2. The summed E-state index contributed by atoms with van der Waals surface area (Å²) in [5, 5.41) is 3.11. The van der Waals surface area contributed by atoms with E-state index in [4.69, 9.17) is 4.74 Å². The van der Waals surface area contributed by atoms with Crippen LogP contribution in [-0.4, -0.2) is 16.5 Å². The summed E-state index contributed by atoms with van der Waals surface area (Å²) < 4.78 is 19.1. The van der Waals surface area contributed by atoms with Gasteiger partial charge < -0.3 is 10.1 Å². The number of benzene rings is 1. The van der Waals surface area contributed by atoms with Gasteiger partial charge >= 0.3 is 0 Å². The molecule has 1 N–H and O–H groups in total. The molecular weight excluding hydrogens is 257 g/mol. The fourth-order valence-electron chi connectivity index (χ4n) is 1.67. The number of ether oxygens (including phenoxy) is 1. The molecule has 0 aliphatic rings. The lowest BCUT2D eigenvalue weighted by molar-refractivity contribution is 0.456. The van der Waals surface area contributed by atoms with Gasteiger partial charge in [-0.1, -0.05) is 13.0 Å². The average molecular weight is 275 g/mol. The Balaban J connectivity index is 2.19. The van der Waals surface area contributed by atoms with Gasteiger partial charge in [-0.15, -0.1) is 0 Å². The highest BCUT2D eigenvalue weighted by Crippen LogP contribution is 2.23. The van der Waals surface area contributed by atoms with Gasteiger partial charge in [0.1, 0.15) is 11.6 Å². The molecule has 20 heavy (non-hydrogen) atoms. The van der Waals surface area contributed by atoms with E-state index >= 15 is 0 Å². The second-order valence-electron chi connectivity index (χ2n) is 4.61. The average Bonchev–Trinajstić information content (AvgIpc) is 2.40. The van der Waals surface area contributed by atoms with Crippen molar-refractivity contribution in [2.75, 3.05) is 11.9 Å². The minimum atomic E-state index is -0.294. The lowest BCUT2D eigenvalue weighted by atomic mass is 10.2. The normalized spacial score (nSPS) is 10.4. The van der Waals surface area contributed by atoms with E-state index < -0.39 is 0 Å². The zero-order chi connectivity index (χ0) is 14.5. The third kappa shape index (κ3) is 3.66. The molecule has 0 saturated carbocycles. The lowest BCUT2D eigenvalue weighted by Crippen LogP contribution is -2.05. The number of halogens is 1. The summed E-state index contributed by atoms with van der Waals surface area (Å²) >= 11 is 0. The number of aromatic nitrogens is 2. The molecule has 1 heterocycles. The van der Waals surface area contributed by atoms with Gasteiger partial charge in [-0.3, -0.25) is 0 Å². The predicted molar refractivity (Wildman–Crippen MR) is 76.8 cm³/mol. The van der Waals surface area contributed by atoms with Crippen LogP contribution in [0.25, 0.3) is 0 Å². The van der Waals surface area contributed by atoms with Crippen LogP contribution in [0, 0.1) is 19.7 Å². The van der Waals surface area contributed by atoms with Crippen molar-refractivity contribution in [2.45, 2.75) is 27.2 Å². The zero-order valence-electron chi connectivity index (χ0n) is 11.9. The maximum atomic E-state index is 13.5. The minimum Gasteiger partial charge on any atom is -0.439 e. The minimum absolute atomic E-state index is 0.294. The van der Waals surface area contributed by atoms with Gasteiger partial charge in [0.25, 0.3) is 0 Å². The van der Waals surface area contributed by atoms with Gasteiger partial charge in [-0.2, -0.15) is 4.98 Å². The highest BCUT2D eigenvalue weighted by molar-refractivity contribution is 5.35. The maximum Gasteiger partial charge on any atom is 0.226 e. The quantitative estimate of drug-likeness (QED) is 0.900. The monoisotopic (exact) mass is 275 g/mol. The number of nitrogens with zero attached hydrogens (tertiary/aromatic N) is 2. The molecule has 1 aromatic carbocycles. The number of rotatable bonds is 5. The van der Waals surface area contributed by atoms with Crippen molar-refractivity contribution in [3.8, 4) is 11.6 Å². The first-order valence-corrected chi connectivity index (χ1v) is 6.62. The fourth-order valence-corrected chi connectivity index (χ4v) is 1.67. The molecule has 0 bridgehead atoms. The van der Waals surface area contributed by atoms with Crippen molar-refractivity contribution in [3.63, 3.8) is 0 Å². The Labute approximate surface area is 118 Å². The van der Waals surface area contributed by atoms with Gasteiger partial charge in [0, 0.05) is 24.4 Å². The Kier molecular flexibility index (Phi) is 4.50. The molecule has 0 fully saturated rings. The maximum absolute atomic E-state index is 13.5. The van der Waals surface area contributed by atoms with E-state index in [0.29, 0.717) is 23.1 Å². The van der Waals surface area contributed by atoms with Gasteiger partial charge in [-0.25, -0.2) is 9.37 Å². The summed E-state index contributed by atoms with van der Waals surface area (Å²) in [4.78, 5) is 8.52. The topological polar surface area (TPSA) is 47.0 Å². The van der Waals surface area contributed by atoms with E-state index in [-0.39, 0.29) is 5.82 Å². The summed E-state index contributed by atoms with van der Waals surface area (Å²) in [5.41, 5.74) is 1.38. The van der Waals surface area contributed by atoms with Crippen LogP contribution in [-0.2, 0) is 0 Å². The number of hydrogen-bond donors (Lipinski definition) is 1. The number of anilines is 1. The molecular formula is C15H18FN3O. The molecule has 4 nitrogen and oxygen atoms in total. The molecule has 106 valence electrons. The van der Waals surface area contributed by atoms with Crippen LogP contribution in [0.3, 0.4) is 0 Å². The van der Waals surface area contributed by atoms with E-state index in [0.717, 1.165) is 18.7 Å². The van der Waals surface area contributed by atoms with Crippen molar-refractivity contribution >= 4 is 5.95 Å². The van der Waals surface area contributed by atoms with Gasteiger partial charge in [-0.05, 0) is 31.9 Å². The van der Waals surface area contributed by atoms with E-state index in [1.807, 2.05) is 6.92 Å². The first-order valence-electron chi connectivity index (χ1n) is 6.62. The molecule has 0 amide bonds. The molecule has 0 unspecified atom stereocenters. The molecule has 0 radical (unpaired) electrons. The lowest BCUT2D eigenvalue weighted by Gasteiger charge is -2.09. The second kappa shape index (κ2) is 6.32. The fraction of sp³-hybridized carbons (Fsp3) is 0.333. The SMILES string of the molecule is CCCNc1nc(C)cc(Oc2ccc(C)c(F)c2)n1. The van der Waals surface area contributed by atoms with Crippen molar-refractivity contribution in [1.29, 1.82) is 0 Å². The molecule has 1 aromatic heterocycles. The smallest absolute Gasteiger partial charge is 0.226 e. The van der Waals surface area contributed by atoms with Crippen molar-refractivity contribution in [1.82, 2.24) is 9.97 Å². The molecule has 2 rings (SSSR count). The van der Waals surface area contributed by atoms with Crippen LogP contribution >= 0.6 is 0 Å². The van der Waals surface area contributed by atoms with Crippen molar-refractivity contribution in [3.05, 3.63) is 41.3 Å². The first-order chi connectivity index (χ1) is 9.58. The van der Waals surface area contributed by atoms with E-state index in [9.17, 15) is 4.39 Å². The highest BCUT2D eigenvalue weighted by Gasteiger charge is 2.06. The third-order valence-electron chi connectivity index (χ3n) is 2.73. The zero-order valence-corrected chi connectivity index (χ0v) is 11.9. The van der Waals surface area contributed by atoms with E-state index in [2.05, 4.69) is 22.2 Å². The molecule has 0 aliphatic carbocycles. The molecule has 0 atom stereocenters. The standard InChI is InChI=1S/C15H18FN3O/c1-4-7-17-15-18-11(3)8-14(19-15)20-12-6-5-10(2)13(16)9-12/h5-6,8-9H,4,7H2,1-3H3,(H,17,18,19). The first kappa shape index (κ1) is 14.2. The predicted octanol–water partition coefficient (Wildman–Crippen LogP) is 3.85. The van der Waals surface area contributed by atoms with Crippen molar-refractivity contribution in [2.24, 2.45) is 0 Å². The van der Waals surface area contributed by atoms with Crippen LogP contribution in [0.5, 0.6) is 11.6 Å². The van der Waals surface area contributed by atoms with Gasteiger partial charge in [0.05, 0.1) is 0 Å². The van der Waals surface area contributed by atoms with Crippen LogP contribution in [0.4, 0.5) is 10.3 Å². The Bertz CT molecular complexity index is 602. The molecule has 0 spiro atoms. The van der Waals surface area contributed by atoms with Gasteiger partial charge in [0.15, 0.2) is 0 Å². The summed E-state index contributed by atoms with van der Waals surface area (Å²) in [5.74, 6) is 1.05. The van der Waals surface area contributed by atoms with Crippen LogP contribution in [0.15, 0.2) is 24.3 Å². The Morgan fingerprint density at radius 1 is 1.20 bits per heavy atom. The second-order valence-corrected chi connectivity index (χ2v) is 4.61. The van der Waals surface area contributed by atoms with Crippen LogP contribution in [0.2, 0.25) is 0 Å². The summed E-state index contributed by atoms with van der Waals surface area (Å²) in [7, 11) is 0. The summed E-state index contributed by atoms with van der Waals surface area (Å²) in [6, 6.07) is 6.46. The molecule has 5 heteroatoms. The largest absolute Gasteiger partial charge is 0.439 e. The third-order valence-corrected chi connectivity index (χ3v) is 2.73. The Morgan fingerprint density at radius 3 is 2.70 bits per heavy atom. The summed E-state index contributed by atoms with van der Waals surface area (Å²) in [6.07, 6.45) is 0.983. The Morgan fingerprint density at radius 2 is 2.00 bits per heavy atom. The molecule has 0 saturated heterocycles. The van der Waals surface area contributed by atoms with Gasteiger partial charge in [0.2, 0.25) is 11.8 Å². The van der Waals surface area contributed by atoms with E-state index in [1.165, 1.54) is 6.07 Å². The molecule has 0 aliphatic heterocycles. The highest BCUT2D eigenvalue weighted by atomic mass is 19.1. The summed E-state index contributed by atoms with van der Waals surface area (Å²) in [6.45, 7) is 6.43. The van der Waals surface area contributed by atoms with E-state index in [1.54, 1.807) is 25.1 Å². The number of nitrogens with one attached hydrogen (secondary N) is 1. The molecule has 2 aromatic rings. The Hall–Kier alpha value is -2.17. The van der Waals surface area contributed by atoms with Crippen molar-refractivity contribution < 1.29 is 9.13 Å². The van der Waals surface area contributed by atoms with Crippen LogP contribution < -0.4 is 10.1 Å².